The molecular formula is C18H15O4PPd-6. The van der Waals surface area contributed by atoms with Gasteiger partial charge in [0, 0.05) is 20.4 Å². The molecule has 0 aliphatic heterocycles. The van der Waals surface area contributed by atoms with Crippen molar-refractivity contribution in [3.05, 3.63) is 109 Å². The summed E-state index contributed by atoms with van der Waals surface area (Å²) in [6.07, 6.45) is 0. The number of hydrogen-bond donors (Lipinski definition) is 0. The van der Waals surface area contributed by atoms with E-state index >= 15 is 0 Å². The monoisotopic (exact) mass is 432 g/mol. The minimum Gasteiger partial charge on any atom is -0.822 e. The molecule has 3 rings (SSSR count). The largest absolute Gasteiger partial charge is 0.822 e. The van der Waals surface area contributed by atoms with Gasteiger partial charge < -0.3 is 19.2 Å². The van der Waals surface area contributed by atoms with Crippen molar-refractivity contribution >= 4 is 7.82 Å². The van der Waals surface area contributed by atoms with Crippen molar-refractivity contribution in [2.45, 2.75) is 0 Å². The van der Waals surface area contributed by atoms with E-state index in [1.54, 1.807) is 0 Å². The van der Waals surface area contributed by atoms with Crippen LogP contribution in [-0.2, 0) is 25.0 Å². The first-order valence-corrected chi connectivity index (χ1v) is 7.92. The molecule has 0 aliphatic rings. The summed E-state index contributed by atoms with van der Waals surface area (Å²) in [5.74, 6) is 0. The molecule has 0 radical (unpaired) electrons. The van der Waals surface area contributed by atoms with Crippen molar-refractivity contribution in [1.29, 1.82) is 0 Å². The van der Waals surface area contributed by atoms with Crippen molar-refractivity contribution < 1.29 is 39.7 Å². The van der Waals surface area contributed by atoms with Crippen molar-refractivity contribution in [1.82, 2.24) is 0 Å². The van der Waals surface area contributed by atoms with E-state index in [2.05, 4.69) is 18.2 Å². The molecule has 0 spiro atoms. The third kappa shape index (κ3) is 28.6. The maximum atomic E-state index is 8.55. The van der Waals surface area contributed by atoms with Gasteiger partial charge in [-0.1, -0.05) is 0 Å². The van der Waals surface area contributed by atoms with E-state index in [1.807, 2.05) is 91.0 Å². The maximum absolute atomic E-state index is 8.55. The van der Waals surface area contributed by atoms with Gasteiger partial charge in [-0.3, -0.25) is 0 Å². The van der Waals surface area contributed by atoms with Gasteiger partial charge in [-0.15, -0.1) is 0 Å². The van der Waals surface area contributed by atoms with Crippen molar-refractivity contribution in [3.63, 3.8) is 0 Å². The summed E-state index contributed by atoms with van der Waals surface area (Å²) in [4.78, 5) is 25.6. The molecule has 0 fully saturated rings. The molecule has 0 aliphatic carbocycles. The van der Waals surface area contributed by atoms with Gasteiger partial charge in [0.15, 0.2) is 0 Å². The smallest absolute Gasteiger partial charge is 0 e. The molecule has 4 nitrogen and oxygen atoms in total. The van der Waals surface area contributed by atoms with E-state index < -0.39 is 7.82 Å². The predicted molar refractivity (Wildman–Crippen MR) is 83.4 cm³/mol. The quantitative estimate of drug-likeness (QED) is 0.307. The fraction of sp³-hybridized carbons (Fsp3) is 0. The molecule has 0 saturated carbocycles. The van der Waals surface area contributed by atoms with Crippen LogP contribution in [0.5, 0.6) is 0 Å². The third-order valence-corrected chi connectivity index (χ3v) is 1.82. The van der Waals surface area contributed by atoms with Crippen LogP contribution < -0.4 is 14.7 Å². The van der Waals surface area contributed by atoms with Crippen molar-refractivity contribution in [2.75, 3.05) is 0 Å². The van der Waals surface area contributed by atoms with Gasteiger partial charge in [0.1, 0.15) is 0 Å². The van der Waals surface area contributed by atoms with E-state index in [0.717, 1.165) is 0 Å². The summed E-state index contributed by atoms with van der Waals surface area (Å²) in [6, 6.07) is 37.5. The first-order chi connectivity index (χ1) is 11.0. The number of hydrogen-bond acceptors (Lipinski definition) is 4. The molecule has 0 aromatic heterocycles. The molecule has 3 aromatic rings. The topological polar surface area (TPSA) is 86.2 Å². The van der Waals surface area contributed by atoms with Crippen LogP contribution >= 0.6 is 7.82 Å². The van der Waals surface area contributed by atoms with Gasteiger partial charge in [0.05, 0.1) is 0 Å². The van der Waals surface area contributed by atoms with Crippen LogP contribution in [0.25, 0.3) is 0 Å². The summed E-state index contributed by atoms with van der Waals surface area (Å²) in [5.41, 5.74) is 0. The van der Waals surface area contributed by atoms with Crippen molar-refractivity contribution in [3.8, 4) is 0 Å². The van der Waals surface area contributed by atoms with Gasteiger partial charge in [0.25, 0.3) is 0 Å². The van der Waals surface area contributed by atoms with E-state index in [0.29, 0.717) is 0 Å². The average Bonchev–Trinajstić information content (AvgIpc) is 2.59. The first-order valence-electron chi connectivity index (χ1n) is 6.46. The maximum Gasteiger partial charge on any atom is 0 e. The van der Waals surface area contributed by atoms with E-state index in [-0.39, 0.29) is 20.4 Å². The molecule has 132 valence electrons. The summed E-state index contributed by atoms with van der Waals surface area (Å²) >= 11 is 0. The van der Waals surface area contributed by atoms with Crippen LogP contribution in [0.3, 0.4) is 0 Å². The van der Waals surface area contributed by atoms with Crippen LogP contribution in [0.2, 0.25) is 0 Å². The minimum atomic E-state index is -5.39. The van der Waals surface area contributed by atoms with Gasteiger partial charge in [-0.2, -0.15) is 117 Å². The summed E-state index contributed by atoms with van der Waals surface area (Å²) in [6.45, 7) is 0. The average molecular weight is 433 g/mol. The second-order valence-electron chi connectivity index (χ2n) is 3.68. The first kappa shape index (κ1) is 24.7. The Kier molecular flexibility index (Phi) is 18.3. The number of rotatable bonds is 0. The van der Waals surface area contributed by atoms with Gasteiger partial charge >= 0.3 is 0 Å². The number of benzene rings is 3. The van der Waals surface area contributed by atoms with E-state index in [1.165, 1.54) is 0 Å². The molecule has 24 heavy (non-hydrogen) atoms. The van der Waals surface area contributed by atoms with Gasteiger partial charge in [-0.05, 0) is 0 Å². The SMILES string of the molecule is O=P([O-])([O-])[O-].[Pd].[c-]1ccccc1.[c-]1ccccc1.[c-]1ccccc1. The standard InChI is InChI=1S/3C6H5.H3O4P.Pd/c3*1-2-4-6-5-3-1;1-5(2,3)4;/h3*1-5H;(H3,1,2,3,4);/q3*-1;;/p-3. The molecule has 0 amide bonds. The van der Waals surface area contributed by atoms with E-state index in [4.69, 9.17) is 19.2 Å². The summed E-state index contributed by atoms with van der Waals surface area (Å²) in [5, 5.41) is 0. The predicted octanol–water partition coefficient (Wildman–Crippen LogP) is 1.63. The van der Waals surface area contributed by atoms with Gasteiger partial charge in [0.2, 0.25) is 0 Å². The number of phosphoric acid groups is 1. The Morgan fingerprint density at radius 2 is 0.667 bits per heavy atom. The summed E-state index contributed by atoms with van der Waals surface area (Å²) < 4.78 is 8.55. The second-order valence-corrected chi connectivity index (χ2v) is 4.57. The third-order valence-electron chi connectivity index (χ3n) is 1.82. The molecule has 3 aromatic carbocycles. The van der Waals surface area contributed by atoms with Crippen LogP contribution in [0, 0.1) is 18.2 Å². The Hall–Kier alpha value is -1.57. The molecular weight excluding hydrogens is 418 g/mol. The zero-order chi connectivity index (χ0) is 17.2. The molecule has 0 heterocycles. The Labute approximate surface area is 156 Å². The molecule has 0 unspecified atom stereocenters. The minimum absolute atomic E-state index is 0. The zero-order valence-corrected chi connectivity index (χ0v) is 15.0. The molecule has 0 bridgehead atoms. The molecule has 0 atom stereocenters. The Bertz CT molecular complexity index is 440. The van der Waals surface area contributed by atoms with Crippen LogP contribution in [0.4, 0.5) is 0 Å². The zero-order valence-electron chi connectivity index (χ0n) is 12.6. The molecule has 0 N–H and O–H groups in total. The fourth-order valence-corrected chi connectivity index (χ4v) is 1.03. The second kappa shape index (κ2) is 17.8. The Balaban J connectivity index is 0. The van der Waals surface area contributed by atoms with Crippen LogP contribution in [-0.4, -0.2) is 0 Å². The van der Waals surface area contributed by atoms with Crippen LogP contribution in [0.1, 0.15) is 0 Å². The molecule has 6 heteroatoms. The Morgan fingerprint density at radius 3 is 0.708 bits per heavy atom. The fourth-order valence-electron chi connectivity index (χ4n) is 1.03. The normalized spacial score (nSPS) is 8.46. The molecule has 0 saturated heterocycles. The van der Waals surface area contributed by atoms with Gasteiger partial charge in [-0.25, -0.2) is 0 Å². The summed E-state index contributed by atoms with van der Waals surface area (Å²) in [7, 11) is -5.39. The Morgan fingerprint density at radius 1 is 0.500 bits per heavy atom. The van der Waals surface area contributed by atoms with Crippen LogP contribution in [0.15, 0.2) is 91.0 Å². The van der Waals surface area contributed by atoms with E-state index in [9.17, 15) is 0 Å². The van der Waals surface area contributed by atoms with Crippen molar-refractivity contribution in [2.24, 2.45) is 0 Å².